The Morgan fingerprint density at radius 1 is 1.10 bits per heavy atom. The molecular weight excluding hydrogens is 386 g/mol. The maximum absolute atomic E-state index is 11.7. The molecule has 0 spiro atoms. The fraction of sp³-hybridized carbons (Fsp3) is 0.238. The third kappa shape index (κ3) is 3.56. The van der Waals surface area contributed by atoms with Crippen molar-refractivity contribution in [3.05, 3.63) is 54.4 Å². The second-order valence-corrected chi connectivity index (χ2v) is 7.97. The standard InChI is InChI=1S/C21H19N5O2S/c1-14(27)15-2-5-20-23-24-21(26(20)13-15)29-18-3-4-19-16(11-18)10-17(12-22-19)25-6-8-28-9-7-25/h2-5,10-13H,6-9H2,1H3. The summed E-state index contributed by atoms with van der Waals surface area (Å²) in [7, 11) is 0. The molecule has 0 N–H and O–H groups in total. The molecular formula is C21H19N5O2S. The SMILES string of the molecule is CC(=O)c1ccc2nnc(Sc3ccc4ncc(N5CCOCC5)cc4c3)n2c1. The van der Waals surface area contributed by atoms with Crippen LogP contribution in [-0.2, 0) is 4.74 Å². The molecule has 0 saturated carbocycles. The van der Waals surface area contributed by atoms with Crippen LogP contribution in [0.25, 0.3) is 16.6 Å². The Morgan fingerprint density at radius 2 is 1.97 bits per heavy atom. The molecule has 0 unspecified atom stereocenters. The largest absolute Gasteiger partial charge is 0.378 e. The molecule has 1 saturated heterocycles. The fourth-order valence-corrected chi connectivity index (χ4v) is 4.27. The van der Waals surface area contributed by atoms with Crippen LogP contribution in [0.4, 0.5) is 5.69 Å². The molecule has 29 heavy (non-hydrogen) atoms. The maximum atomic E-state index is 11.7. The van der Waals surface area contributed by atoms with E-state index in [0.29, 0.717) is 5.56 Å². The molecule has 4 aromatic rings. The van der Waals surface area contributed by atoms with E-state index >= 15 is 0 Å². The molecule has 0 atom stereocenters. The zero-order chi connectivity index (χ0) is 19.8. The summed E-state index contributed by atoms with van der Waals surface area (Å²) >= 11 is 1.52. The Kier molecular flexibility index (Phi) is 4.65. The lowest BCUT2D eigenvalue weighted by Crippen LogP contribution is -2.36. The summed E-state index contributed by atoms with van der Waals surface area (Å²) in [5.74, 6) is 0.0176. The molecule has 5 rings (SSSR count). The number of pyridine rings is 2. The van der Waals surface area contributed by atoms with Crippen molar-refractivity contribution in [1.82, 2.24) is 19.6 Å². The minimum atomic E-state index is 0.0176. The highest BCUT2D eigenvalue weighted by Gasteiger charge is 2.13. The lowest BCUT2D eigenvalue weighted by Gasteiger charge is -2.28. The van der Waals surface area contributed by atoms with Crippen molar-refractivity contribution in [3.63, 3.8) is 0 Å². The number of nitrogens with zero attached hydrogens (tertiary/aromatic N) is 5. The molecule has 1 fully saturated rings. The quantitative estimate of drug-likeness (QED) is 0.481. The van der Waals surface area contributed by atoms with Gasteiger partial charge in [-0.15, -0.1) is 10.2 Å². The van der Waals surface area contributed by atoms with Crippen molar-refractivity contribution in [1.29, 1.82) is 0 Å². The number of Topliss-reactive ketones (excluding diaryl/α,β-unsaturated/α-hetero) is 1. The predicted molar refractivity (Wildman–Crippen MR) is 112 cm³/mol. The number of fused-ring (bicyclic) bond motifs is 2. The van der Waals surface area contributed by atoms with Gasteiger partial charge in [-0.25, -0.2) is 0 Å². The number of aromatic nitrogens is 4. The number of morpholine rings is 1. The van der Waals surface area contributed by atoms with Crippen LogP contribution < -0.4 is 4.90 Å². The van der Waals surface area contributed by atoms with Crippen LogP contribution in [0.1, 0.15) is 17.3 Å². The minimum absolute atomic E-state index is 0.0176. The van der Waals surface area contributed by atoms with E-state index in [9.17, 15) is 4.79 Å². The summed E-state index contributed by atoms with van der Waals surface area (Å²) in [5.41, 5.74) is 3.42. The summed E-state index contributed by atoms with van der Waals surface area (Å²) in [6.45, 7) is 4.81. The number of hydrogen-bond donors (Lipinski definition) is 0. The van der Waals surface area contributed by atoms with E-state index in [-0.39, 0.29) is 5.78 Å². The molecule has 1 aliphatic rings. The van der Waals surface area contributed by atoms with Crippen LogP contribution >= 0.6 is 11.8 Å². The summed E-state index contributed by atoms with van der Waals surface area (Å²) in [6.07, 6.45) is 3.72. The average molecular weight is 405 g/mol. The highest BCUT2D eigenvalue weighted by Crippen LogP contribution is 2.30. The Hall–Kier alpha value is -2.97. The summed E-state index contributed by atoms with van der Waals surface area (Å²) in [6, 6.07) is 11.9. The van der Waals surface area contributed by atoms with E-state index in [4.69, 9.17) is 4.74 Å². The Bertz CT molecular complexity index is 1220. The van der Waals surface area contributed by atoms with Gasteiger partial charge in [0.25, 0.3) is 0 Å². The summed E-state index contributed by atoms with van der Waals surface area (Å²) in [5, 5.41) is 10.3. The summed E-state index contributed by atoms with van der Waals surface area (Å²) in [4.78, 5) is 19.7. The van der Waals surface area contributed by atoms with Gasteiger partial charge in [0.2, 0.25) is 0 Å². The number of carbonyl (C=O) groups excluding carboxylic acids is 1. The van der Waals surface area contributed by atoms with Gasteiger partial charge in [-0.2, -0.15) is 0 Å². The molecule has 8 heteroatoms. The van der Waals surface area contributed by atoms with Gasteiger partial charge in [-0.05, 0) is 55.1 Å². The van der Waals surface area contributed by atoms with Crippen molar-refractivity contribution < 1.29 is 9.53 Å². The Balaban J connectivity index is 1.48. The van der Waals surface area contributed by atoms with Crippen LogP contribution in [-0.4, -0.2) is 51.7 Å². The lowest BCUT2D eigenvalue weighted by molar-refractivity contribution is 0.101. The first-order valence-corrected chi connectivity index (χ1v) is 10.3. The smallest absolute Gasteiger partial charge is 0.200 e. The van der Waals surface area contributed by atoms with Gasteiger partial charge in [0.1, 0.15) is 0 Å². The van der Waals surface area contributed by atoms with Crippen molar-refractivity contribution in [3.8, 4) is 0 Å². The number of benzene rings is 1. The predicted octanol–water partition coefficient (Wildman–Crippen LogP) is 3.47. The van der Waals surface area contributed by atoms with Gasteiger partial charge in [-0.3, -0.25) is 14.2 Å². The van der Waals surface area contributed by atoms with Crippen LogP contribution in [0.2, 0.25) is 0 Å². The van der Waals surface area contributed by atoms with Crippen molar-refractivity contribution in [2.45, 2.75) is 17.0 Å². The first-order valence-electron chi connectivity index (χ1n) is 9.43. The van der Waals surface area contributed by atoms with Crippen molar-refractivity contribution >= 4 is 39.8 Å². The molecule has 7 nitrogen and oxygen atoms in total. The minimum Gasteiger partial charge on any atom is -0.378 e. The third-order valence-electron chi connectivity index (χ3n) is 5.00. The van der Waals surface area contributed by atoms with Crippen LogP contribution in [0, 0.1) is 0 Å². The highest BCUT2D eigenvalue weighted by atomic mass is 32.2. The summed E-state index contributed by atoms with van der Waals surface area (Å²) < 4.78 is 7.30. The van der Waals surface area contributed by atoms with Crippen LogP contribution in [0.5, 0.6) is 0 Å². The van der Waals surface area contributed by atoms with Gasteiger partial charge >= 0.3 is 0 Å². The lowest BCUT2D eigenvalue weighted by atomic mass is 10.2. The van der Waals surface area contributed by atoms with Crippen LogP contribution in [0.15, 0.2) is 58.8 Å². The van der Waals surface area contributed by atoms with E-state index in [1.54, 1.807) is 19.2 Å². The van der Waals surface area contributed by atoms with E-state index in [0.717, 1.165) is 58.6 Å². The molecule has 1 aromatic carbocycles. The molecule has 0 bridgehead atoms. The van der Waals surface area contributed by atoms with E-state index in [2.05, 4.69) is 32.2 Å². The molecule has 0 aliphatic carbocycles. The molecule has 0 radical (unpaired) electrons. The number of ether oxygens (including phenoxy) is 1. The number of hydrogen-bond acceptors (Lipinski definition) is 7. The van der Waals surface area contributed by atoms with Crippen LogP contribution in [0.3, 0.4) is 0 Å². The van der Waals surface area contributed by atoms with Crippen molar-refractivity contribution in [2.75, 3.05) is 31.2 Å². The number of carbonyl (C=O) groups is 1. The Labute approximate surface area is 171 Å². The van der Waals surface area contributed by atoms with Gasteiger partial charge in [0.15, 0.2) is 16.6 Å². The second-order valence-electron chi connectivity index (χ2n) is 6.93. The average Bonchev–Trinajstić information content (AvgIpc) is 3.16. The third-order valence-corrected chi connectivity index (χ3v) is 5.95. The highest BCUT2D eigenvalue weighted by molar-refractivity contribution is 7.99. The molecule has 4 heterocycles. The molecule has 146 valence electrons. The number of rotatable bonds is 4. The molecule has 3 aromatic heterocycles. The van der Waals surface area contributed by atoms with E-state index in [1.165, 1.54) is 11.8 Å². The second kappa shape index (κ2) is 7.46. The molecule has 0 amide bonds. The zero-order valence-corrected chi connectivity index (χ0v) is 16.7. The Morgan fingerprint density at radius 3 is 2.79 bits per heavy atom. The first-order chi connectivity index (χ1) is 14.2. The number of anilines is 1. The van der Waals surface area contributed by atoms with E-state index < -0.39 is 0 Å². The van der Waals surface area contributed by atoms with Gasteiger partial charge in [0, 0.05) is 35.1 Å². The fourth-order valence-electron chi connectivity index (χ4n) is 3.41. The van der Waals surface area contributed by atoms with Gasteiger partial charge < -0.3 is 9.64 Å². The van der Waals surface area contributed by atoms with Crippen molar-refractivity contribution in [2.24, 2.45) is 0 Å². The monoisotopic (exact) mass is 405 g/mol. The molecule has 1 aliphatic heterocycles. The van der Waals surface area contributed by atoms with E-state index in [1.807, 2.05) is 28.8 Å². The van der Waals surface area contributed by atoms with Gasteiger partial charge in [-0.1, -0.05) is 0 Å². The maximum Gasteiger partial charge on any atom is 0.200 e. The normalized spacial score (nSPS) is 14.6. The number of ketones is 1. The first kappa shape index (κ1) is 18.1. The van der Waals surface area contributed by atoms with Gasteiger partial charge in [0.05, 0.1) is 30.6 Å². The zero-order valence-electron chi connectivity index (χ0n) is 15.9. The topological polar surface area (TPSA) is 72.6 Å².